The Kier molecular flexibility index (Phi) is 11.2. The van der Waals surface area contributed by atoms with Gasteiger partial charge in [0.05, 0.1) is 19.1 Å². The molecule has 3 rings (SSSR count). The summed E-state index contributed by atoms with van der Waals surface area (Å²) in [5.41, 5.74) is 1.96. The van der Waals surface area contributed by atoms with E-state index in [9.17, 15) is 18.0 Å². The Balaban J connectivity index is 1.87. The Morgan fingerprint density at radius 3 is 2.35 bits per heavy atom. The topological polar surface area (TPSA) is 96.0 Å². The number of ether oxygens (including phenoxy) is 1. The third kappa shape index (κ3) is 8.61. The number of anilines is 1. The molecule has 3 aromatic rings. The lowest BCUT2D eigenvalue weighted by Gasteiger charge is -2.32. The number of nitrogens with zero attached hydrogens (tertiary/aromatic N) is 2. The van der Waals surface area contributed by atoms with Gasteiger partial charge in [-0.1, -0.05) is 65.7 Å². The highest BCUT2D eigenvalue weighted by Gasteiger charge is 2.30. The summed E-state index contributed by atoms with van der Waals surface area (Å²) in [4.78, 5) is 28.3. The Bertz CT molecular complexity index is 1420. The van der Waals surface area contributed by atoms with Crippen LogP contribution in [0.3, 0.4) is 0 Å². The van der Waals surface area contributed by atoms with E-state index >= 15 is 0 Å². The standard InChI is InChI=1S/C29H33Cl2N3O5S/c1-32-29(36)27(17-21-9-5-4-6-10-21)33(20-22-14-15-23(30)18-26(22)31)28(35)13-8-16-34(40(3,37)38)24-11-7-12-25(19-24)39-2/h4-7,9-12,14-15,18-19,27H,8,13,16-17,20H2,1-3H3,(H,32,36)/t27-/m0/s1. The highest BCUT2D eigenvalue weighted by atomic mass is 35.5. The van der Waals surface area contributed by atoms with E-state index in [-0.39, 0.29) is 44.2 Å². The van der Waals surface area contributed by atoms with Gasteiger partial charge in [0.2, 0.25) is 21.8 Å². The van der Waals surface area contributed by atoms with Crippen molar-refractivity contribution in [2.45, 2.75) is 31.8 Å². The fourth-order valence-electron chi connectivity index (χ4n) is 4.32. The maximum Gasteiger partial charge on any atom is 0.242 e. The van der Waals surface area contributed by atoms with Crippen molar-refractivity contribution in [1.82, 2.24) is 10.2 Å². The van der Waals surface area contributed by atoms with Gasteiger partial charge in [-0.2, -0.15) is 0 Å². The lowest BCUT2D eigenvalue weighted by Crippen LogP contribution is -2.49. The number of rotatable bonds is 13. The van der Waals surface area contributed by atoms with E-state index in [1.54, 1.807) is 42.5 Å². The van der Waals surface area contributed by atoms with Gasteiger partial charge in [0, 0.05) is 49.1 Å². The van der Waals surface area contributed by atoms with Gasteiger partial charge >= 0.3 is 0 Å². The van der Waals surface area contributed by atoms with Crippen molar-refractivity contribution in [3.8, 4) is 5.75 Å². The van der Waals surface area contributed by atoms with Crippen LogP contribution in [0, 0.1) is 0 Å². The monoisotopic (exact) mass is 605 g/mol. The molecule has 0 heterocycles. The van der Waals surface area contributed by atoms with E-state index in [0.717, 1.165) is 11.8 Å². The van der Waals surface area contributed by atoms with E-state index < -0.39 is 16.1 Å². The Morgan fingerprint density at radius 2 is 1.73 bits per heavy atom. The molecule has 2 amide bonds. The molecule has 0 aliphatic rings. The summed E-state index contributed by atoms with van der Waals surface area (Å²) in [6.45, 7) is 0.141. The van der Waals surface area contributed by atoms with Crippen LogP contribution in [-0.2, 0) is 32.6 Å². The maximum atomic E-state index is 13.7. The first-order chi connectivity index (χ1) is 19.0. The molecular weight excluding hydrogens is 573 g/mol. The first-order valence-corrected chi connectivity index (χ1v) is 15.2. The average Bonchev–Trinajstić information content (AvgIpc) is 2.93. The summed E-state index contributed by atoms with van der Waals surface area (Å²) in [5, 5.41) is 3.50. The van der Waals surface area contributed by atoms with E-state index in [1.165, 1.54) is 23.4 Å². The number of hydrogen-bond donors (Lipinski definition) is 1. The van der Waals surface area contributed by atoms with Crippen LogP contribution >= 0.6 is 23.2 Å². The third-order valence-electron chi connectivity index (χ3n) is 6.37. The number of amides is 2. The molecule has 11 heteroatoms. The molecule has 1 N–H and O–H groups in total. The molecule has 0 bridgehead atoms. The molecule has 0 saturated carbocycles. The lowest BCUT2D eigenvalue weighted by molar-refractivity contribution is -0.141. The predicted molar refractivity (Wildman–Crippen MR) is 159 cm³/mol. The number of sulfonamides is 1. The van der Waals surface area contributed by atoms with Crippen LogP contribution in [0.4, 0.5) is 5.69 Å². The Morgan fingerprint density at radius 1 is 1.00 bits per heavy atom. The van der Waals surface area contributed by atoms with Crippen LogP contribution in [0.2, 0.25) is 10.0 Å². The maximum absolute atomic E-state index is 13.7. The first-order valence-electron chi connectivity index (χ1n) is 12.6. The van der Waals surface area contributed by atoms with Crippen molar-refractivity contribution in [1.29, 1.82) is 0 Å². The number of benzene rings is 3. The number of carbonyl (C=O) groups excluding carboxylic acids is 2. The minimum atomic E-state index is -3.63. The number of nitrogens with one attached hydrogen (secondary N) is 1. The molecule has 214 valence electrons. The van der Waals surface area contributed by atoms with Crippen molar-refractivity contribution in [2.24, 2.45) is 0 Å². The summed E-state index contributed by atoms with van der Waals surface area (Å²) in [5.74, 6) is -0.117. The molecule has 1 atom stereocenters. The number of carbonyl (C=O) groups is 2. The summed E-state index contributed by atoms with van der Waals surface area (Å²) in [7, 11) is -0.608. The van der Waals surface area contributed by atoms with Crippen LogP contribution in [0.5, 0.6) is 5.75 Å². The summed E-state index contributed by atoms with van der Waals surface area (Å²) in [6, 6.07) is 20.3. The number of halogens is 2. The van der Waals surface area contributed by atoms with E-state index in [1.807, 2.05) is 30.3 Å². The van der Waals surface area contributed by atoms with Crippen LogP contribution < -0.4 is 14.4 Å². The van der Waals surface area contributed by atoms with E-state index in [4.69, 9.17) is 27.9 Å². The quantitative estimate of drug-likeness (QED) is 0.298. The average molecular weight is 607 g/mol. The molecule has 0 aliphatic carbocycles. The molecule has 0 unspecified atom stereocenters. The summed E-state index contributed by atoms with van der Waals surface area (Å²) >= 11 is 12.5. The van der Waals surface area contributed by atoms with Crippen LogP contribution in [0.15, 0.2) is 72.8 Å². The second-order valence-electron chi connectivity index (χ2n) is 9.22. The predicted octanol–water partition coefficient (Wildman–Crippen LogP) is 4.93. The third-order valence-corrected chi connectivity index (χ3v) is 8.15. The second kappa shape index (κ2) is 14.4. The molecule has 40 heavy (non-hydrogen) atoms. The molecule has 0 saturated heterocycles. The zero-order valence-electron chi connectivity index (χ0n) is 22.6. The fourth-order valence-corrected chi connectivity index (χ4v) is 5.75. The second-order valence-corrected chi connectivity index (χ2v) is 12.0. The molecule has 0 aliphatic heterocycles. The van der Waals surface area contributed by atoms with Gasteiger partial charge in [0.1, 0.15) is 11.8 Å². The van der Waals surface area contributed by atoms with E-state index in [0.29, 0.717) is 27.0 Å². The highest BCUT2D eigenvalue weighted by Crippen LogP contribution is 2.26. The van der Waals surface area contributed by atoms with Gasteiger partial charge in [0.25, 0.3) is 0 Å². The van der Waals surface area contributed by atoms with Crippen LogP contribution in [0.1, 0.15) is 24.0 Å². The Hall–Kier alpha value is -3.27. The highest BCUT2D eigenvalue weighted by molar-refractivity contribution is 7.92. The summed E-state index contributed by atoms with van der Waals surface area (Å²) in [6.07, 6.45) is 1.63. The molecule has 0 aromatic heterocycles. The zero-order chi connectivity index (χ0) is 29.3. The van der Waals surface area contributed by atoms with Crippen molar-refractivity contribution in [3.05, 3.63) is 94.0 Å². The zero-order valence-corrected chi connectivity index (χ0v) is 25.0. The molecule has 0 fully saturated rings. The first kappa shape index (κ1) is 31.3. The van der Waals surface area contributed by atoms with Gasteiger partial charge < -0.3 is 15.0 Å². The summed E-state index contributed by atoms with van der Waals surface area (Å²) < 4.78 is 31.7. The van der Waals surface area contributed by atoms with Crippen LogP contribution in [-0.4, -0.2) is 58.1 Å². The SMILES string of the molecule is CNC(=O)[C@H](Cc1ccccc1)N(Cc1ccc(Cl)cc1Cl)C(=O)CCCN(c1cccc(OC)c1)S(C)(=O)=O. The van der Waals surface area contributed by atoms with Gasteiger partial charge in [0.15, 0.2) is 0 Å². The number of methoxy groups -OCH3 is 1. The number of likely N-dealkylation sites (N-methyl/N-ethyl adjacent to an activating group) is 1. The molecular formula is C29H33Cl2N3O5S. The van der Waals surface area contributed by atoms with Gasteiger partial charge in [-0.25, -0.2) is 8.42 Å². The fraction of sp³-hybridized carbons (Fsp3) is 0.310. The minimum Gasteiger partial charge on any atom is -0.497 e. The number of hydrogen-bond acceptors (Lipinski definition) is 5. The van der Waals surface area contributed by atoms with E-state index in [2.05, 4.69) is 5.32 Å². The van der Waals surface area contributed by atoms with Crippen molar-refractivity contribution in [2.75, 3.05) is 31.3 Å². The molecule has 8 nitrogen and oxygen atoms in total. The van der Waals surface area contributed by atoms with Crippen molar-refractivity contribution >= 4 is 50.7 Å². The molecule has 0 spiro atoms. The molecule has 0 radical (unpaired) electrons. The van der Waals surface area contributed by atoms with Gasteiger partial charge in [-0.15, -0.1) is 0 Å². The van der Waals surface area contributed by atoms with Crippen molar-refractivity contribution < 1.29 is 22.7 Å². The largest absolute Gasteiger partial charge is 0.497 e. The smallest absolute Gasteiger partial charge is 0.242 e. The van der Waals surface area contributed by atoms with Crippen molar-refractivity contribution in [3.63, 3.8) is 0 Å². The lowest BCUT2D eigenvalue weighted by atomic mass is 10.0. The molecule has 3 aromatic carbocycles. The normalized spacial score (nSPS) is 11.9. The van der Waals surface area contributed by atoms with Gasteiger partial charge in [-0.05, 0) is 41.8 Å². The Labute approximate surface area is 245 Å². The van der Waals surface area contributed by atoms with Gasteiger partial charge in [-0.3, -0.25) is 13.9 Å². The minimum absolute atomic E-state index is 0.00345. The van der Waals surface area contributed by atoms with Crippen LogP contribution in [0.25, 0.3) is 0 Å².